The van der Waals surface area contributed by atoms with Gasteiger partial charge in [-0.2, -0.15) is 0 Å². The molecule has 0 saturated heterocycles. The summed E-state index contributed by atoms with van der Waals surface area (Å²) in [7, 11) is -3.70. The zero-order valence-corrected chi connectivity index (χ0v) is 13.0. The van der Waals surface area contributed by atoms with Crippen LogP contribution in [-0.4, -0.2) is 13.4 Å². The van der Waals surface area contributed by atoms with E-state index in [1.165, 1.54) is 18.3 Å². The number of benzene rings is 1. The van der Waals surface area contributed by atoms with Gasteiger partial charge < -0.3 is 5.43 Å². The molecule has 1 aromatic heterocycles. The summed E-state index contributed by atoms with van der Waals surface area (Å²) in [4.78, 5) is 3.95. The summed E-state index contributed by atoms with van der Waals surface area (Å²) in [6.45, 7) is 1.88. The molecule has 0 spiro atoms. The number of nitrogens with one attached hydrogen (secondary N) is 2. The lowest BCUT2D eigenvalue weighted by molar-refractivity contribution is 0.601. The number of pyridine rings is 1. The van der Waals surface area contributed by atoms with E-state index in [4.69, 9.17) is 5.84 Å². The minimum atomic E-state index is -3.70. The van der Waals surface area contributed by atoms with Crippen molar-refractivity contribution in [1.29, 1.82) is 0 Å². The number of hydrazine groups is 1. The fourth-order valence-corrected chi connectivity index (χ4v) is 3.17. The van der Waals surface area contributed by atoms with Crippen molar-refractivity contribution >= 4 is 37.5 Å². The summed E-state index contributed by atoms with van der Waals surface area (Å²) in [6, 6.07) is 8.08. The third kappa shape index (κ3) is 3.09. The molecule has 1 aromatic carbocycles. The molecule has 2 rings (SSSR count). The van der Waals surface area contributed by atoms with Gasteiger partial charge in [-0.05, 0) is 40.5 Å². The summed E-state index contributed by atoms with van der Waals surface area (Å²) in [6.07, 6.45) is 1.37. The second-order valence-electron chi connectivity index (χ2n) is 4.06. The number of rotatable bonds is 4. The molecule has 0 unspecified atom stereocenters. The molecule has 6 nitrogen and oxygen atoms in total. The second-order valence-corrected chi connectivity index (χ2v) is 6.54. The molecular formula is C12H13BrN4O2S. The van der Waals surface area contributed by atoms with Crippen molar-refractivity contribution in [3.8, 4) is 0 Å². The molecule has 0 aliphatic heterocycles. The van der Waals surface area contributed by atoms with Crippen LogP contribution in [0.25, 0.3) is 0 Å². The Balaban J connectivity index is 2.38. The summed E-state index contributed by atoms with van der Waals surface area (Å²) in [5.41, 5.74) is 3.72. The van der Waals surface area contributed by atoms with Crippen LogP contribution in [0, 0.1) is 6.92 Å². The van der Waals surface area contributed by atoms with Crippen molar-refractivity contribution in [3.05, 3.63) is 46.6 Å². The zero-order valence-electron chi connectivity index (χ0n) is 10.6. The molecule has 4 N–H and O–H groups in total. The van der Waals surface area contributed by atoms with E-state index in [0.29, 0.717) is 10.2 Å². The number of aromatic nitrogens is 1. The van der Waals surface area contributed by atoms with Crippen LogP contribution in [0.3, 0.4) is 0 Å². The Morgan fingerprint density at radius 3 is 2.75 bits per heavy atom. The summed E-state index contributed by atoms with van der Waals surface area (Å²) < 4.78 is 27.8. The minimum absolute atomic E-state index is 0.0776. The topological polar surface area (TPSA) is 97.1 Å². The molecule has 0 amide bonds. The molecule has 1 heterocycles. The van der Waals surface area contributed by atoms with E-state index in [1.807, 2.05) is 13.0 Å². The third-order valence-corrected chi connectivity index (χ3v) is 5.04. The minimum Gasteiger partial charge on any atom is -0.308 e. The van der Waals surface area contributed by atoms with Crippen LogP contribution < -0.4 is 16.0 Å². The molecule has 0 atom stereocenters. The predicted octanol–water partition coefficient (Wildman–Crippen LogP) is 2.24. The van der Waals surface area contributed by atoms with Gasteiger partial charge in [-0.1, -0.05) is 12.1 Å². The smallest absolute Gasteiger partial charge is 0.262 e. The van der Waals surface area contributed by atoms with Gasteiger partial charge in [0.2, 0.25) is 0 Å². The number of hydrogen-bond acceptors (Lipinski definition) is 5. The highest BCUT2D eigenvalue weighted by atomic mass is 79.9. The molecule has 8 heteroatoms. The lowest BCUT2D eigenvalue weighted by Crippen LogP contribution is -2.15. The molecule has 2 aromatic rings. The highest BCUT2D eigenvalue weighted by molar-refractivity contribution is 9.10. The van der Waals surface area contributed by atoms with Crippen molar-refractivity contribution in [3.63, 3.8) is 0 Å². The van der Waals surface area contributed by atoms with Crippen LogP contribution in [0.15, 0.2) is 45.9 Å². The molecule has 0 saturated carbocycles. The summed E-state index contributed by atoms with van der Waals surface area (Å²) >= 11 is 3.36. The Labute approximate surface area is 125 Å². The molecule has 20 heavy (non-hydrogen) atoms. The number of anilines is 2. The molecule has 106 valence electrons. The first-order valence-electron chi connectivity index (χ1n) is 5.64. The molecule has 0 bridgehead atoms. The average molecular weight is 357 g/mol. The van der Waals surface area contributed by atoms with Crippen LogP contribution in [0.2, 0.25) is 0 Å². The maximum atomic E-state index is 12.3. The lowest BCUT2D eigenvalue weighted by Gasteiger charge is -2.11. The summed E-state index contributed by atoms with van der Waals surface area (Å²) in [5.74, 6) is 5.50. The fourth-order valence-electron chi connectivity index (χ4n) is 1.59. The average Bonchev–Trinajstić information content (AvgIpc) is 2.44. The number of nitrogens with two attached hydrogens (primary N) is 1. The van der Waals surface area contributed by atoms with Crippen LogP contribution >= 0.6 is 15.9 Å². The van der Waals surface area contributed by atoms with E-state index in [-0.39, 0.29) is 10.7 Å². The van der Waals surface area contributed by atoms with E-state index in [0.717, 1.165) is 5.56 Å². The van der Waals surface area contributed by atoms with Crippen molar-refractivity contribution in [2.45, 2.75) is 11.8 Å². The van der Waals surface area contributed by atoms with Crippen LogP contribution in [-0.2, 0) is 10.0 Å². The van der Waals surface area contributed by atoms with Gasteiger partial charge in [0, 0.05) is 16.7 Å². The lowest BCUT2D eigenvalue weighted by atomic mass is 10.2. The number of sulfonamides is 1. The Kier molecular flexibility index (Phi) is 4.26. The van der Waals surface area contributed by atoms with Crippen LogP contribution in [0.5, 0.6) is 0 Å². The number of nitrogen functional groups attached to an aromatic ring is 1. The van der Waals surface area contributed by atoms with Crippen molar-refractivity contribution in [2.75, 3.05) is 10.1 Å². The van der Waals surface area contributed by atoms with Crippen molar-refractivity contribution < 1.29 is 8.42 Å². The van der Waals surface area contributed by atoms with Gasteiger partial charge in [-0.15, -0.1) is 0 Å². The van der Waals surface area contributed by atoms with Gasteiger partial charge in [-0.3, -0.25) is 4.72 Å². The zero-order chi connectivity index (χ0) is 14.8. The first-order valence-corrected chi connectivity index (χ1v) is 7.92. The van der Waals surface area contributed by atoms with Gasteiger partial charge in [0.25, 0.3) is 10.0 Å². The number of nitrogens with zero attached hydrogens (tertiary/aromatic N) is 1. The number of hydrogen-bond donors (Lipinski definition) is 3. The van der Waals surface area contributed by atoms with Crippen molar-refractivity contribution in [1.82, 2.24) is 4.98 Å². The predicted molar refractivity (Wildman–Crippen MR) is 81.7 cm³/mol. The number of halogens is 1. The van der Waals surface area contributed by atoms with E-state index < -0.39 is 10.0 Å². The Bertz CT molecular complexity index is 734. The standard InChI is InChI=1S/C12H13BrN4O2S/c1-8-3-2-4-10(12(8)13)17-20(18,19)9-5-6-15-11(7-9)16-14/h2-7,17H,14H2,1H3,(H,15,16). The van der Waals surface area contributed by atoms with Gasteiger partial charge in [0.05, 0.1) is 10.6 Å². The van der Waals surface area contributed by atoms with E-state index in [2.05, 4.69) is 31.1 Å². The molecular weight excluding hydrogens is 344 g/mol. The van der Waals surface area contributed by atoms with E-state index in [9.17, 15) is 8.42 Å². The fraction of sp³-hybridized carbons (Fsp3) is 0.0833. The third-order valence-electron chi connectivity index (χ3n) is 2.63. The molecule has 0 aliphatic rings. The Morgan fingerprint density at radius 2 is 2.05 bits per heavy atom. The number of aryl methyl sites for hydroxylation is 1. The maximum Gasteiger partial charge on any atom is 0.262 e. The van der Waals surface area contributed by atoms with Gasteiger partial charge in [0.15, 0.2) is 0 Å². The maximum absolute atomic E-state index is 12.3. The van der Waals surface area contributed by atoms with Crippen molar-refractivity contribution in [2.24, 2.45) is 5.84 Å². The van der Waals surface area contributed by atoms with Crippen LogP contribution in [0.1, 0.15) is 5.56 Å². The SMILES string of the molecule is Cc1cccc(NS(=O)(=O)c2ccnc(NN)c2)c1Br. The Morgan fingerprint density at radius 1 is 1.30 bits per heavy atom. The van der Waals surface area contributed by atoms with E-state index in [1.54, 1.807) is 12.1 Å². The Hall–Kier alpha value is -1.64. The first-order chi connectivity index (χ1) is 9.44. The monoisotopic (exact) mass is 356 g/mol. The van der Waals surface area contributed by atoms with E-state index >= 15 is 0 Å². The molecule has 0 fully saturated rings. The second kappa shape index (κ2) is 5.78. The van der Waals surface area contributed by atoms with Gasteiger partial charge in [0.1, 0.15) is 5.82 Å². The highest BCUT2D eigenvalue weighted by Gasteiger charge is 2.16. The molecule has 0 aliphatic carbocycles. The van der Waals surface area contributed by atoms with Crippen LogP contribution in [0.4, 0.5) is 11.5 Å². The molecule has 0 radical (unpaired) electrons. The van der Waals surface area contributed by atoms with Gasteiger partial charge >= 0.3 is 0 Å². The largest absolute Gasteiger partial charge is 0.308 e. The highest BCUT2D eigenvalue weighted by Crippen LogP contribution is 2.28. The normalized spacial score (nSPS) is 11.2. The first kappa shape index (κ1) is 14.8. The van der Waals surface area contributed by atoms with Gasteiger partial charge in [-0.25, -0.2) is 19.2 Å². The summed E-state index contributed by atoms with van der Waals surface area (Å²) in [5, 5.41) is 0. The quantitative estimate of drug-likeness (QED) is 0.576.